The van der Waals surface area contributed by atoms with Crippen molar-refractivity contribution in [1.29, 1.82) is 0 Å². The highest BCUT2D eigenvalue weighted by Crippen LogP contribution is 2.55. The molecule has 15 aromatic carbocycles. The fourth-order valence-electron chi connectivity index (χ4n) is 17.0. The highest BCUT2D eigenvalue weighted by Gasteiger charge is 2.46. The van der Waals surface area contributed by atoms with Crippen molar-refractivity contribution in [3.05, 3.63) is 351 Å². The van der Waals surface area contributed by atoms with Crippen LogP contribution in [0.1, 0.15) is 26.3 Å². The van der Waals surface area contributed by atoms with Crippen LogP contribution in [0.2, 0.25) is 0 Å². The number of hydrogen-bond donors (Lipinski definition) is 0. The lowest BCUT2D eigenvalue weighted by Gasteiger charge is -2.46. The zero-order valence-corrected chi connectivity index (χ0v) is 55.7. The molecule has 0 spiro atoms. The van der Waals surface area contributed by atoms with E-state index in [9.17, 15) is 0 Å². The standard InChI is InChI=1S/C94H66BN5/c1-94(2,3)65-57-87-90-88(58-65)100(92-71(63-33-13-6-14-34-63)45-28-46-72(92)64-35-15-7-16-36-64)86-60-68(98-82-49-25-21-41-75(82)76-53-56-84-89(93(76)98)77-42-22-26-50-83(77)96(84)66-37-17-8-18-38-66)52-55-79(86)95(90)78-54-51-67(97-80-47-23-19-39-73(80)74-40-20-24-48-81(74)97)59-85(78)99(87)91-69(61-29-9-4-10-30-61)43-27-44-70(91)62-31-11-5-12-32-62/h4-60H,1-3H3. The Balaban J connectivity index is 0.954. The van der Waals surface area contributed by atoms with Gasteiger partial charge >= 0.3 is 0 Å². The topological polar surface area (TPSA) is 21.3 Å². The summed E-state index contributed by atoms with van der Waals surface area (Å²) in [5.41, 5.74) is 30.9. The third-order valence-electron chi connectivity index (χ3n) is 21.3. The maximum absolute atomic E-state index is 2.70. The van der Waals surface area contributed by atoms with E-state index in [0.29, 0.717) is 0 Å². The largest absolute Gasteiger partial charge is 0.310 e. The van der Waals surface area contributed by atoms with E-state index in [4.69, 9.17) is 0 Å². The molecule has 0 bridgehead atoms. The average Bonchev–Trinajstić information content (AvgIpc) is 1.26. The van der Waals surface area contributed by atoms with Crippen molar-refractivity contribution in [2.45, 2.75) is 26.2 Å². The monoisotopic (exact) mass is 1280 g/mol. The highest BCUT2D eigenvalue weighted by molar-refractivity contribution is 7.00. The maximum Gasteiger partial charge on any atom is 0.252 e. The minimum atomic E-state index is -0.318. The number of para-hydroxylation sites is 7. The molecular formula is C94H66BN5. The van der Waals surface area contributed by atoms with Gasteiger partial charge in [-0.15, -0.1) is 0 Å². The van der Waals surface area contributed by atoms with Crippen LogP contribution >= 0.6 is 0 Å². The Labute approximate surface area is 581 Å². The summed E-state index contributed by atoms with van der Waals surface area (Å²) >= 11 is 0. The van der Waals surface area contributed by atoms with Gasteiger partial charge in [0.15, 0.2) is 0 Å². The number of benzene rings is 15. The van der Waals surface area contributed by atoms with Crippen LogP contribution in [0.25, 0.3) is 127 Å². The lowest BCUT2D eigenvalue weighted by molar-refractivity contribution is 0.590. The van der Waals surface area contributed by atoms with E-state index in [1.807, 2.05) is 0 Å². The van der Waals surface area contributed by atoms with Crippen molar-refractivity contribution in [2.75, 3.05) is 9.80 Å². The molecule has 100 heavy (non-hydrogen) atoms. The Morgan fingerprint density at radius 3 is 1.06 bits per heavy atom. The number of anilines is 6. The Bertz CT molecular complexity index is 6150. The first-order valence-corrected chi connectivity index (χ1v) is 34.9. The molecule has 0 unspecified atom stereocenters. The van der Waals surface area contributed by atoms with E-state index in [-0.39, 0.29) is 12.1 Å². The SMILES string of the molecule is CC(C)(C)c1cc2c3c(c1)N(c1c(-c4ccccc4)cccc1-c1ccccc1)c1cc(-n4c5ccccc5c5ccc6c(c7ccccc7n6-c6ccccc6)c54)ccc1B3c1ccc(-n3c4ccccc4c4ccccc43)cc1N2c1c(-c2ccccc2)cccc1-c1ccccc1. The van der Waals surface area contributed by atoms with Gasteiger partial charge in [0.25, 0.3) is 6.71 Å². The molecule has 20 rings (SSSR count). The minimum absolute atomic E-state index is 0.236. The normalized spacial score (nSPS) is 12.7. The fraction of sp³-hybridized carbons (Fsp3) is 0.0426. The second kappa shape index (κ2) is 22.5. The van der Waals surface area contributed by atoms with Gasteiger partial charge in [-0.25, -0.2) is 0 Å². The Morgan fingerprint density at radius 1 is 0.260 bits per heavy atom. The van der Waals surface area contributed by atoms with Gasteiger partial charge in [-0.1, -0.05) is 288 Å². The van der Waals surface area contributed by atoms with Gasteiger partial charge in [-0.05, 0) is 128 Å². The molecule has 3 aromatic heterocycles. The van der Waals surface area contributed by atoms with E-state index in [1.165, 1.54) is 76.3 Å². The Hall–Kier alpha value is -12.6. The minimum Gasteiger partial charge on any atom is -0.310 e. The van der Waals surface area contributed by atoms with Crippen molar-refractivity contribution in [1.82, 2.24) is 13.7 Å². The lowest BCUT2D eigenvalue weighted by Crippen LogP contribution is -2.61. The number of fused-ring (bicyclic) bond motifs is 14. The van der Waals surface area contributed by atoms with Crippen molar-refractivity contribution < 1.29 is 0 Å². The van der Waals surface area contributed by atoms with E-state index < -0.39 is 0 Å². The second-order valence-electron chi connectivity index (χ2n) is 27.9. The smallest absolute Gasteiger partial charge is 0.252 e. The molecule has 0 fully saturated rings. The molecule has 0 saturated carbocycles. The predicted molar refractivity (Wildman–Crippen MR) is 424 cm³/mol. The first-order chi connectivity index (χ1) is 49.3. The van der Waals surface area contributed by atoms with Crippen LogP contribution in [0.4, 0.5) is 34.1 Å². The Morgan fingerprint density at radius 2 is 0.620 bits per heavy atom. The van der Waals surface area contributed by atoms with Crippen molar-refractivity contribution in [3.63, 3.8) is 0 Å². The van der Waals surface area contributed by atoms with Gasteiger partial charge in [0.05, 0.1) is 44.5 Å². The molecule has 18 aromatic rings. The fourth-order valence-corrected chi connectivity index (χ4v) is 17.0. The first-order valence-electron chi connectivity index (χ1n) is 34.9. The van der Waals surface area contributed by atoms with Gasteiger partial charge < -0.3 is 23.5 Å². The molecule has 470 valence electrons. The van der Waals surface area contributed by atoms with E-state index >= 15 is 0 Å². The summed E-state index contributed by atoms with van der Waals surface area (Å²) in [7, 11) is 0. The molecule has 0 radical (unpaired) electrons. The van der Waals surface area contributed by atoms with Crippen LogP contribution in [-0.2, 0) is 5.41 Å². The number of hydrogen-bond acceptors (Lipinski definition) is 2. The molecule has 0 aliphatic carbocycles. The highest BCUT2D eigenvalue weighted by atomic mass is 15.2. The van der Waals surface area contributed by atoms with Crippen LogP contribution < -0.4 is 26.2 Å². The van der Waals surface area contributed by atoms with E-state index in [1.54, 1.807) is 0 Å². The van der Waals surface area contributed by atoms with Crippen molar-refractivity contribution >= 4 is 123 Å². The van der Waals surface area contributed by atoms with Crippen LogP contribution in [0, 0.1) is 0 Å². The van der Waals surface area contributed by atoms with E-state index in [0.717, 1.165) is 107 Å². The quantitative estimate of drug-likeness (QED) is 0.134. The van der Waals surface area contributed by atoms with Gasteiger partial charge in [0.2, 0.25) is 0 Å². The van der Waals surface area contributed by atoms with Gasteiger partial charge in [-0.2, -0.15) is 0 Å². The molecule has 2 aliphatic rings. The molecule has 0 atom stereocenters. The van der Waals surface area contributed by atoms with Crippen molar-refractivity contribution in [3.8, 4) is 61.6 Å². The molecule has 0 saturated heterocycles. The molecular weight excluding hydrogens is 1210 g/mol. The molecule has 5 nitrogen and oxygen atoms in total. The first kappa shape index (κ1) is 57.6. The van der Waals surface area contributed by atoms with Crippen LogP contribution in [0.5, 0.6) is 0 Å². The summed E-state index contributed by atoms with van der Waals surface area (Å²) in [6.45, 7) is 6.92. The third-order valence-corrected chi connectivity index (χ3v) is 21.3. The second-order valence-corrected chi connectivity index (χ2v) is 27.9. The predicted octanol–water partition coefficient (Wildman–Crippen LogP) is 23.0. The molecule has 2 aliphatic heterocycles. The zero-order valence-electron chi connectivity index (χ0n) is 55.7. The summed E-state index contributed by atoms with van der Waals surface area (Å²) in [5.74, 6) is 0. The van der Waals surface area contributed by atoms with Gasteiger partial charge in [-0.3, -0.25) is 0 Å². The van der Waals surface area contributed by atoms with Crippen LogP contribution in [-0.4, -0.2) is 20.4 Å². The summed E-state index contributed by atoms with van der Waals surface area (Å²) in [5, 5.41) is 7.31. The van der Waals surface area contributed by atoms with Gasteiger partial charge in [0, 0.05) is 94.4 Å². The molecule has 0 N–H and O–H groups in total. The number of nitrogens with zero attached hydrogens (tertiary/aromatic N) is 5. The molecule has 0 amide bonds. The average molecular weight is 1280 g/mol. The van der Waals surface area contributed by atoms with E-state index in [2.05, 4.69) is 390 Å². The molecule has 5 heterocycles. The van der Waals surface area contributed by atoms with Crippen LogP contribution in [0.3, 0.4) is 0 Å². The van der Waals surface area contributed by atoms with Gasteiger partial charge in [0.1, 0.15) is 0 Å². The zero-order chi connectivity index (χ0) is 66.3. The third kappa shape index (κ3) is 8.69. The number of rotatable bonds is 9. The van der Waals surface area contributed by atoms with Crippen LogP contribution in [0.15, 0.2) is 346 Å². The van der Waals surface area contributed by atoms with Crippen molar-refractivity contribution in [2.24, 2.45) is 0 Å². The summed E-state index contributed by atoms with van der Waals surface area (Å²) in [4.78, 5) is 5.39. The lowest BCUT2D eigenvalue weighted by atomic mass is 9.33. The Kier molecular flexibility index (Phi) is 12.9. The summed E-state index contributed by atoms with van der Waals surface area (Å²) in [6, 6.07) is 130. The number of aromatic nitrogens is 3. The summed E-state index contributed by atoms with van der Waals surface area (Å²) in [6.07, 6.45) is 0. The maximum atomic E-state index is 2.70. The molecule has 6 heteroatoms. The summed E-state index contributed by atoms with van der Waals surface area (Å²) < 4.78 is 7.53.